The van der Waals surface area contributed by atoms with Gasteiger partial charge in [0, 0.05) is 30.1 Å². The summed E-state index contributed by atoms with van der Waals surface area (Å²) >= 11 is 0. The Hall–Kier alpha value is -1.82. The van der Waals surface area contributed by atoms with Crippen molar-refractivity contribution in [3.05, 3.63) is 23.3 Å². The van der Waals surface area contributed by atoms with Gasteiger partial charge in [0.05, 0.1) is 0 Å². The van der Waals surface area contributed by atoms with Gasteiger partial charge in [-0.1, -0.05) is 32.4 Å². The van der Waals surface area contributed by atoms with Gasteiger partial charge in [-0.3, -0.25) is 14.4 Å². The van der Waals surface area contributed by atoms with Crippen LogP contribution in [-0.2, 0) is 19.1 Å². The number of fused-ring (bicyclic) bond motifs is 5. The Kier molecular flexibility index (Phi) is 4.88. The molecule has 0 aromatic heterocycles. The molecule has 5 nitrogen and oxygen atoms in total. The Morgan fingerprint density at radius 3 is 2.60 bits per heavy atom. The lowest BCUT2D eigenvalue weighted by Crippen LogP contribution is -2.60. The molecule has 2 unspecified atom stereocenters. The highest BCUT2D eigenvalue weighted by Crippen LogP contribution is 2.68. The number of halogens is 1. The number of hydrogen-bond acceptors (Lipinski definition) is 5. The summed E-state index contributed by atoms with van der Waals surface area (Å²) in [6.07, 6.45) is 4.85. The van der Waals surface area contributed by atoms with E-state index in [9.17, 15) is 19.5 Å². The van der Waals surface area contributed by atoms with Crippen LogP contribution in [0.5, 0.6) is 0 Å². The van der Waals surface area contributed by atoms with E-state index in [0.717, 1.165) is 0 Å². The van der Waals surface area contributed by atoms with Crippen molar-refractivity contribution in [3.8, 4) is 0 Å². The van der Waals surface area contributed by atoms with E-state index in [4.69, 9.17) is 4.74 Å². The predicted molar refractivity (Wildman–Crippen MR) is 108 cm³/mol. The molecule has 0 spiro atoms. The molecule has 0 radical (unpaired) electrons. The van der Waals surface area contributed by atoms with E-state index in [0.29, 0.717) is 31.3 Å². The number of carbonyl (C=O) groups excluding carboxylic acids is 3. The second kappa shape index (κ2) is 6.84. The zero-order valence-electron chi connectivity index (χ0n) is 18.2. The van der Waals surface area contributed by atoms with Crippen LogP contribution in [-0.4, -0.2) is 41.0 Å². The molecule has 4 rings (SSSR count). The molecule has 1 N–H and O–H groups in total. The van der Waals surface area contributed by atoms with Crippen LogP contribution in [0.4, 0.5) is 4.39 Å². The Morgan fingerprint density at radius 1 is 1.27 bits per heavy atom. The summed E-state index contributed by atoms with van der Waals surface area (Å²) in [5.41, 5.74) is -0.845. The highest BCUT2D eigenvalue weighted by atomic mass is 19.1. The molecular formula is C24H31FO5. The standard InChI is InChI=1S/C24H31FO5/c1-13-9-18-16-11-20(25)19-10-15(28)5-7-22(19,3)17(16)6-8-23(18,4)24(13,21(29)12-26)30-14(2)27/h6,10,13,16,18,20,26H,5,7-9,11-12H2,1-4H3/t13?,16-,18+,20?,22-,23+,24+/m1/s1. The van der Waals surface area contributed by atoms with Crippen LogP contribution in [0, 0.1) is 28.6 Å². The van der Waals surface area contributed by atoms with Crippen LogP contribution in [0.1, 0.15) is 59.8 Å². The van der Waals surface area contributed by atoms with Gasteiger partial charge in [0.15, 0.2) is 11.4 Å². The maximum absolute atomic E-state index is 15.4. The predicted octanol–water partition coefficient (Wildman–Crippen LogP) is 3.50. The van der Waals surface area contributed by atoms with Crippen LogP contribution in [0.15, 0.2) is 23.3 Å². The number of aliphatic hydroxyl groups excluding tert-OH is 1. The van der Waals surface area contributed by atoms with Crippen LogP contribution < -0.4 is 0 Å². The third-order valence-corrected chi connectivity index (χ3v) is 8.72. The van der Waals surface area contributed by atoms with E-state index in [-0.39, 0.29) is 30.0 Å². The highest BCUT2D eigenvalue weighted by Gasteiger charge is 2.70. The second-order valence-corrected chi connectivity index (χ2v) is 10.1. The third kappa shape index (κ3) is 2.58. The molecule has 4 aliphatic rings. The summed E-state index contributed by atoms with van der Waals surface area (Å²) in [6, 6.07) is 0. The van der Waals surface area contributed by atoms with Gasteiger partial charge in [0.2, 0.25) is 5.78 Å². The fraction of sp³-hybridized carbons (Fsp3) is 0.708. The van der Waals surface area contributed by atoms with Crippen molar-refractivity contribution in [1.82, 2.24) is 0 Å². The van der Waals surface area contributed by atoms with E-state index in [2.05, 4.69) is 6.08 Å². The zero-order valence-corrected chi connectivity index (χ0v) is 18.2. The summed E-state index contributed by atoms with van der Waals surface area (Å²) in [7, 11) is 0. The molecular weight excluding hydrogens is 387 g/mol. The summed E-state index contributed by atoms with van der Waals surface area (Å²) < 4.78 is 21.1. The number of carbonyl (C=O) groups is 3. The molecule has 0 saturated heterocycles. The Labute approximate surface area is 176 Å². The fourth-order valence-electron chi connectivity index (χ4n) is 7.40. The van der Waals surface area contributed by atoms with E-state index < -0.39 is 41.0 Å². The molecule has 2 saturated carbocycles. The number of esters is 1. The molecule has 4 aliphatic carbocycles. The Balaban J connectivity index is 1.84. The van der Waals surface area contributed by atoms with Crippen molar-refractivity contribution < 1.29 is 28.6 Å². The van der Waals surface area contributed by atoms with Gasteiger partial charge in [-0.05, 0) is 49.2 Å². The molecule has 0 bridgehead atoms. The summed E-state index contributed by atoms with van der Waals surface area (Å²) in [6.45, 7) is 6.47. The molecule has 0 aromatic carbocycles. The third-order valence-electron chi connectivity index (χ3n) is 8.72. The van der Waals surface area contributed by atoms with Crippen molar-refractivity contribution in [1.29, 1.82) is 0 Å². The Bertz CT molecular complexity index is 875. The maximum atomic E-state index is 15.4. The van der Waals surface area contributed by atoms with Gasteiger partial charge in [-0.25, -0.2) is 4.39 Å². The van der Waals surface area contributed by atoms with Crippen molar-refractivity contribution in [2.45, 2.75) is 71.6 Å². The monoisotopic (exact) mass is 418 g/mol. The largest absolute Gasteiger partial charge is 0.450 e. The lowest BCUT2D eigenvalue weighted by molar-refractivity contribution is -0.188. The minimum absolute atomic E-state index is 0.0123. The number of aliphatic hydroxyl groups is 1. The minimum Gasteiger partial charge on any atom is -0.450 e. The summed E-state index contributed by atoms with van der Waals surface area (Å²) in [5, 5.41) is 9.73. The van der Waals surface area contributed by atoms with Gasteiger partial charge in [0.25, 0.3) is 0 Å². The molecule has 0 aromatic rings. The van der Waals surface area contributed by atoms with Crippen molar-refractivity contribution in [2.75, 3.05) is 6.61 Å². The van der Waals surface area contributed by atoms with Crippen LogP contribution >= 0.6 is 0 Å². The quantitative estimate of drug-likeness (QED) is 0.561. The van der Waals surface area contributed by atoms with Crippen LogP contribution in [0.3, 0.4) is 0 Å². The SMILES string of the molecule is CC(=O)O[C@]1(C(=O)CO)C(C)C[C@H]2[C@@H]3CC(F)C4=CC(=O)CC[C@]4(C)C3=CC[C@@]21C. The van der Waals surface area contributed by atoms with Gasteiger partial charge in [0.1, 0.15) is 12.8 Å². The molecule has 0 aliphatic heterocycles. The average molecular weight is 419 g/mol. The van der Waals surface area contributed by atoms with Gasteiger partial charge in [-0.2, -0.15) is 0 Å². The molecule has 7 atom stereocenters. The molecule has 164 valence electrons. The second-order valence-electron chi connectivity index (χ2n) is 10.1. The number of ketones is 2. The topological polar surface area (TPSA) is 80.7 Å². The van der Waals surface area contributed by atoms with Crippen molar-refractivity contribution in [3.63, 3.8) is 0 Å². The highest BCUT2D eigenvalue weighted by molar-refractivity contribution is 5.93. The normalized spacial score (nSPS) is 44.9. The number of Topliss-reactive ketones (excluding diaryl/α,β-unsaturated/α-hetero) is 1. The summed E-state index contributed by atoms with van der Waals surface area (Å²) in [5.74, 6) is -1.44. The smallest absolute Gasteiger partial charge is 0.303 e. The Morgan fingerprint density at radius 2 is 1.97 bits per heavy atom. The van der Waals surface area contributed by atoms with Crippen molar-refractivity contribution in [2.24, 2.45) is 28.6 Å². The van der Waals surface area contributed by atoms with Crippen molar-refractivity contribution >= 4 is 17.5 Å². The first-order chi connectivity index (χ1) is 14.0. The number of alkyl halides is 1. The van der Waals surface area contributed by atoms with E-state index in [1.165, 1.54) is 18.6 Å². The molecule has 2 fully saturated rings. The van der Waals surface area contributed by atoms with E-state index in [1.54, 1.807) is 0 Å². The number of ether oxygens (including phenoxy) is 1. The minimum atomic E-state index is -1.41. The lowest BCUT2D eigenvalue weighted by atomic mass is 9.50. The zero-order chi connectivity index (χ0) is 22.1. The lowest BCUT2D eigenvalue weighted by Gasteiger charge is -2.55. The number of rotatable bonds is 3. The first-order valence-corrected chi connectivity index (χ1v) is 10.9. The average Bonchev–Trinajstić information content (AvgIpc) is 2.90. The van der Waals surface area contributed by atoms with Gasteiger partial charge < -0.3 is 9.84 Å². The van der Waals surface area contributed by atoms with Crippen LogP contribution in [0.2, 0.25) is 0 Å². The summed E-state index contributed by atoms with van der Waals surface area (Å²) in [4.78, 5) is 37.0. The van der Waals surface area contributed by atoms with Crippen LogP contribution in [0.25, 0.3) is 0 Å². The van der Waals surface area contributed by atoms with Gasteiger partial charge >= 0.3 is 5.97 Å². The number of hydrogen-bond donors (Lipinski definition) is 1. The molecule has 30 heavy (non-hydrogen) atoms. The van der Waals surface area contributed by atoms with E-state index >= 15 is 4.39 Å². The first-order valence-electron chi connectivity index (χ1n) is 10.9. The molecule has 0 amide bonds. The van der Waals surface area contributed by atoms with E-state index in [1.807, 2.05) is 20.8 Å². The maximum Gasteiger partial charge on any atom is 0.303 e. The molecule has 6 heteroatoms. The molecule has 0 heterocycles. The van der Waals surface area contributed by atoms with Gasteiger partial charge in [-0.15, -0.1) is 0 Å². The number of allylic oxidation sites excluding steroid dienone is 4. The first kappa shape index (κ1) is 21.4. The fourth-order valence-corrected chi connectivity index (χ4v) is 7.40.